The van der Waals surface area contributed by atoms with Crippen molar-refractivity contribution in [2.75, 3.05) is 5.32 Å². The summed E-state index contributed by atoms with van der Waals surface area (Å²) in [6.07, 6.45) is 1.07. The summed E-state index contributed by atoms with van der Waals surface area (Å²) in [6, 6.07) is 0. The summed E-state index contributed by atoms with van der Waals surface area (Å²) in [5.74, 6) is -3.05. The number of aromatic amines is 2. The zero-order valence-corrected chi connectivity index (χ0v) is 10.3. The predicted octanol–water partition coefficient (Wildman–Crippen LogP) is -0.641. The van der Waals surface area contributed by atoms with Crippen molar-refractivity contribution in [3.05, 3.63) is 27.0 Å². The van der Waals surface area contributed by atoms with E-state index in [1.807, 2.05) is 4.98 Å². The van der Waals surface area contributed by atoms with Crippen LogP contribution in [0, 0.1) is 17.3 Å². The zero-order chi connectivity index (χ0) is 14.4. The summed E-state index contributed by atoms with van der Waals surface area (Å²) in [5, 5.41) is 11.3. The standard InChI is InChI=1S/C11H13N3O5/c1-11(2)5(6(11)9(17)18)8(16)13-4-3-12-10(19)14-7(4)15/h3,5-6H,1-2H3,(H,13,16)(H,17,18)(H2,12,14,15,19)/t5-,6+/m0/s1. The highest BCUT2D eigenvalue weighted by Gasteiger charge is 2.65. The first kappa shape index (κ1) is 13.1. The molecule has 1 saturated carbocycles. The number of H-pyrrole nitrogens is 2. The van der Waals surface area contributed by atoms with Crippen LogP contribution in [0.1, 0.15) is 13.8 Å². The Bertz CT molecular complexity index is 657. The second kappa shape index (κ2) is 4.08. The van der Waals surface area contributed by atoms with Gasteiger partial charge in [0, 0.05) is 6.20 Å². The van der Waals surface area contributed by atoms with Gasteiger partial charge in [0.1, 0.15) is 5.69 Å². The molecule has 2 atom stereocenters. The molecule has 19 heavy (non-hydrogen) atoms. The number of aliphatic carboxylic acids is 1. The molecular formula is C11H13N3O5. The van der Waals surface area contributed by atoms with Crippen LogP contribution in [0.5, 0.6) is 0 Å². The maximum Gasteiger partial charge on any atom is 0.325 e. The van der Waals surface area contributed by atoms with Crippen LogP contribution in [0.2, 0.25) is 0 Å². The number of hydrogen-bond acceptors (Lipinski definition) is 4. The maximum atomic E-state index is 11.9. The van der Waals surface area contributed by atoms with Gasteiger partial charge in [0.15, 0.2) is 0 Å². The number of anilines is 1. The second-order valence-electron chi connectivity index (χ2n) is 5.09. The average Bonchev–Trinajstić information content (AvgIpc) is 2.86. The molecule has 0 unspecified atom stereocenters. The van der Waals surface area contributed by atoms with E-state index in [4.69, 9.17) is 5.11 Å². The van der Waals surface area contributed by atoms with Gasteiger partial charge in [-0.3, -0.25) is 19.4 Å². The average molecular weight is 267 g/mol. The third-order valence-corrected chi connectivity index (χ3v) is 3.45. The van der Waals surface area contributed by atoms with Crippen molar-refractivity contribution in [1.82, 2.24) is 9.97 Å². The first-order valence-electron chi connectivity index (χ1n) is 5.61. The number of carbonyl (C=O) groups is 2. The Morgan fingerprint density at radius 3 is 2.42 bits per heavy atom. The Labute approximate surface area is 106 Å². The van der Waals surface area contributed by atoms with E-state index in [0.29, 0.717) is 0 Å². The van der Waals surface area contributed by atoms with Crippen LogP contribution in [0.15, 0.2) is 15.8 Å². The first-order chi connectivity index (χ1) is 8.75. The molecule has 0 aromatic carbocycles. The molecule has 0 spiro atoms. The normalized spacial score (nSPS) is 23.7. The summed E-state index contributed by atoms with van der Waals surface area (Å²) in [4.78, 5) is 49.3. The van der Waals surface area contributed by atoms with Crippen molar-refractivity contribution in [2.24, 2.45) is 17.3 Å². The molecule has 8 nitrogen and oxygen atoms in total. The molecule has 102 valence electrons. The number of aromatic nitrogens is 2. The molecule has 0 aliphatic heterocycles. The van der Waals surface area contributed by atoms with Crippen molar-refractivity contribution in [2.45, 2.75) is 13.8 Å². The Morgan fingerprint density at radius 1 is 1.32 bits per heavy atom. The van der Waals surface area contributed by atoms with E-state index < -0.39 is 40.4 Å². The highest BCUT2D eigenvalue weighted by atomic mass is 16.4. The van der Waals surface area contributed by atoms with Gasteiger partial charge in [0.25, 0.3) is 5.56 Å². The lowest BCUT2D eigenvalue weighted by Gasteiger charge is -2.04. The lowest BCUT2D eigenvalue weighted by Crippen LogP contribution is -2.28. The van der Waals surface area contributed by atoms with Gasteiger partial charge in [0.2, 0.25) is 5.91 Å². The monoisotopic (exact) mass is 267 g/mol. The molecule has 0 radical (unpaired) electrons. The molecule has 0 saturated heterocycles. The molecule has 8 heteroatoms. The zero-order valence-electron chi connectivity index (χ0n) is 10.3. The molecule has 1 aliphatic carbocycles. The Kier molecular flexibility index (Phi) is 2.80. The van der Waals surface area contributed by atoms with E-state index in [2.05, 4.69) is 10.3 Å². The van der Waals surface area contributed by atoms with Crippen LogP contribution >= 0.6 is 0 Å². The Hall–Kier alpha value is -2.38. The molecule has 1 aromatic heterocycles. The number of nitrogens with one attached hydrogen (secondary N) is 3. The van der Waals surface area contributed by atoms with Gasteiger partial charge in [0.05, 0.1) is 11.8 Å². The van der Waals surface area contributed by atoms with Gasteiger partial charge >= 0.3 is 11.7 Å². The quantitative estimate of drug-likeness (QED) is 0.578. The lowest BCUT2D eigenvalue weighted by atomic mass is 10.1. The molecule has 1 fully saturated rings. The van der Waals surface area contributed by atoms with Crippen LogP contribution in [-0.2, 0) is 9.59 Å². The van der Waals surface area contributed by atoms with Gasteiger partial charge in [-0.1, -0.05) is 13.8 Å². The van der Waals surface area contributed by atoms with E-state index >= 15 is 0 Å². The molecule has 1 aromatic rings. The number of carboxylic acids is 1. The number of rotatable bonds is 3. The van der Waals surface area contributed by atoms with Gasteiger partial charge in [-0.05, 0) is 5.41 Å². The van der Waals surface area contributed by atoms with Gasteiger partial charge in [-0.25, -0.2) is 4.79 Å². The van der Waals surface area contributed by atoms with Crippen molar-refractivity contribution < 1.29 is 14.7 Å². The fourth-order valence-corrected chi connectivity index (χ4v) is 2.30. The summed E-state index contributed by atoms with van der Waals surface area (Å²) in [7, 11) is 0. The van der Waals surface area contributed by atoms with Crippen LogP contribution in [-0.4, -0.2) is 27.0 Å². The molecule has 4 N–H and O–H groups in total. The third-order valence-electron chi connectivity index (χ3n) is 3.45. The lowest BCUT2D eigenvalue weighted by molar-refractivity contribution is -0.140. The van der Waals surface area contributed by atoms with Crippen molar-refractivity contribution >= 4 is 17.6 Å². The van der Waals surface area contributed by atoms with Crippen molar-refractivity contribution in [1.29, 1.82) is 0 Å². The second-order valence-corrected chi connectivity index (χ2v) is 5.09. The minimum absolute atomic E-state index is 0.114. The Balaban J connectivity index is 2.17. The summed E-state index contributed by atoms with van der Waals surface area (Å²) in [6.45, 7) is 3.35. The molecule has 1 aliphatic rings. The van der Waals surface area contributed by atoms with Crippen molar-refractivity contribution in [3.63, 3.8) is 0 Å². The topological polar surface area (TPSA) is 132 Å². The van der Waals surface area contributed by atoms with Crippen LogP contribution in [0.3, 0.4) is 0 Å². The molecular weight excluding hydrogens is 254 g/mol. The predicted molar refractivity (Wildman–Crippen MR) is 64.7 cm³/mol. The maximum absolute atomic E-state index is 11.9. The van der Waals surface area contributed by atoms with Crippen LogP contribution in [0.25, 0.3) is 0 Å². The fourth-order valence-electron chi connectivity index (χ4n) is 2.30. The highest BCUT2D eigenvalue weighted by Crippen LogP contribution is 2.58. The third kappa shape index (κ3) is 2.16. The smallest absolute Gasteiger partial charge is 0.325 e. The van der Waals surface area contributed by atoms with E-state index in [1.54, 1.807) is 13.8 Å². The molecule has 0 bridgehead atoms. The first-order valence-corrected chi connectivity index (χ1v) is 5.61. The largest absolute Gasteiger partial charge is 0.481 e. The van der Waals surface area contributed by atoms with Gasteiger partial charge in [-0.15, -0.1) is 0 Å². The Morgan fingerprint density at radius 2 is 1.95 bits per heavy atom. The summed E-state index contributed by atoms with van der Waals surface area (Å²) >= 11 is 0. The van der Waals surface area contributed by atoms with E-state index in [-0.39, 0.29) is 5.69 Å². The molecule has 1 heterocycles. The minimum atomic E-state index is -1.04. The van der Waals surface area contributed by atoms with Crippen molar-refractivity contribution in [3.8, 4) is 0 Å². The van der Waals surface area contributed by atoms with Gasteiger partial charge < -0.3 is 15.4 Å². The van der Waals surface area contributed by atoms with E-state index in [1.165, 1.54) is 0 Å². The SMILES string of the molecule is CC1(C)[C@H](C(=O)Nc2c[nH]c(=O)[nH]c2=O)[C@@H]1C(=O)O. The number of amides is 1. The summed E-state index contributed by atoms with van der Waals surface area (Å²) in [5.41, 5.74) is -2.18. The number of carbonyl (C=O) groups excluding carboxylic acids is 1. The summed E-state index contributed by atoms with van der Waals surface area (Å²) < 4.78 is 0. The van der Waals surface area contributed by atoms with Crippen LogP contribution in [0.4, 0.5) is 5.69 Å². The number of carboxylic acid groups (broad SMARTS) is 1. The number of hydrogen-bond donors (Lipinski definition) is 4. The fraction of sp³-hybridized carbons (Fsp3) is 0.455. The van der Waals surface area contributed by atoms with Gasteiger partial charge in [-0.2, -0.15) is 0 Å². The minimum Gasteiger partial charge on any atom is -0.481 e. The van der Waals surface area contributed by atoms with Crippen LogP contribution < -0.4 is 16.6 Å². The molecule has 2 rings (SSSR count). The molecule has 1 amide bonds. The highest BCUT2D eigenvalue weighted by molar-refractivity contribution is 5.99. The van der Waals surface area contributed by atoms with E-state index in [9.17, 15) is 19.2 Å². The van der Waals surface area contributed by atoms with E-state index in [0.717, 1.165) is 6.20 Å².